The fourth-order valence-corrected chi connectivity index (χ4v) is 1.32. The summed E-state index contributed by atoms with van der Waals surface area (Å²) in [6.07, 6.45) is 0.266. The Balaban J connectivity index is 2.24. The molecule has 1 saturated heterocycles. The third kappa shape index (κ3) is 2.69. The number of aliphatic hydroxyl groups excluding tert-OH is 1. The summed E-state index contributed by atoms with van der Waals surface area (Å²) in [5, 5.41) is 11.6. The van der Waals surface area contributed by atoms with E-state index in [2.05, 4.69) is 10.1 Å². The van der Waals surface area contributed by atoms with E-state index in [-0.39, 0.29) is 24.3 Å². The van der Waals surface area contributed by atoms with Crippen LogP contribution >= 0.6 is 0 Å². The Hall–Kier alpha value is -1.10. The van der Waals surface area contributed by atoms with Crippen molar-refractivity contribution in [2.24, 2.45) is 0 Å². The molecule has 0 aromatic rings. The number of hydrogen-bond donors (Lipinski definition) is 2. The Morgan fingerprint density at radius 1 is 1.77 bits per heavy atom. The van der Waals surface area contributed by atoms with Gasteiger partial charge >= 0.3 is 5.97 Å². The summed E-state index contributed by atoms with van der Waals surface area (Å²) in [7, 11) is 1.32. The van der Waals surface area contributed by atoms with E-state index in [0.717, 1.165) is 0 Å². The zero-order chi connectivity index (χ0) is 9.84. The first-order valence-corrected chi connectivity index (χ1v) is 4.18. The van der Waals surface area contributed by atoms with Crippen molar-refractivity contribution >= 4 is 11.9 Å². The highest BCUT2D eigenvalue weighted by Gasteiger charge is 2.29. The smallest absolute Gasteiger partial charge is 0.305 e. The Morgan fingerprint density at radius 2 is 2.46 bits per heavy atom. The second-order valence-corrected chi connectivity index (χ2v) is 3.07. The number of esters is 1. The molecule has 1 aliphatic heterocycles. The molecule has 1 heterocycles. The van der Waals surface area contributed by atoms with Crippen LogP contribution in [0.2, 0.25) is 0 Å². The summed E-state index contributed by atoms with van der Waals surface area (Å²) in [4.78, 5) is 21.6. The third-order valence-corrected chi connectivity index (χ3v) is 2.08. The molecular weight excluding hydrogens is 174 g/mol. The molecule has 5 heteroatoms. The summed E-state index contributed by atoms with van der Waals surface area (Å²) in [6, 6.07) is -0.0957. The van der Waals surface area contributed by atoms with E-state index in [4.69, 9.17) is 5.11 Å². The maximum Gasteiger partial charge on any atom is 0.305 e. The lowest BCUT2D eigenvalue weighted by Gasteiger charge is -2.07. The highest BCUT2D eigenvalue weighted by atomic mass is 16.5. The molecule has 1 fully saturated rings. The van der Waals surface area contributed by atoms with Gasteiger partial charge in [0.1, 0.15) is 6.10 Å². The van der Waals surface area contributed by atoms with E-state index in [1.54, 1.807) is 0 Å². The number of ether oxygens (including phenoxy) is 1. The van der Waals surface area contributed by atoms with Gasteiger partial charge in [-0.2, -0.15) is 0 Å². The zero-order valence-corrected chi connectivity index (χ0v) is 7.45. The highest BCUT2D eigenvalue weighted by Crippen LogP contribution is 2.12. The summed E-state index contributed by atoms with van der Waals surface area (Å²) in [6.45, 7) is 0. The van der Waals surface area contributed by atoms with Crippen molar-refractivity contribution in [2.75, 3.05) is 7.11 Å². The van der Waals surface area contributed by atoms with Gasteiger partial charge in [0.2, 0.25) is 5.91 Å². The fourth-order valence-electron chi connectivity index (χ4n) is 1.32. The zero-order valence-electron chi connectivity index (χ0n) is 7.45. The van der Waals surface area contributed by atoms with Gasteiger partial charge in [0.05, 0.1) is 7.11 Å². The van der Waals surface area contributed by atoms with Gasteiger partial charge in [-0.1, -0.05) is 0 Å². The van der Waals surface area contributed by atoms with Gasteiger partial charge in [0.15, 0.2) is 0 Å². The molecule has 0 bridgehead atoms. The maximum atomic E-state index is 10.8. The second-order valence-electron chi connectivity index (χ2n) is 3.07. The van der Waals surface area contributed by atoms with Gasteiger partial charge in [-0.05, 0) is 6.42 Å². The van der Waals surface area contributed by atoms with Crippen LogP contribution in [0.5, 0.6) is 0 Å². The molecule has 0 spiro atoms. The molecule has 2 atom stereocenters. The summed E-state index contributed by atoms with van der Waals surface area (Å²) in [5.41, 5.74) is 0. The first-order chi connectivity index (χ1) is 6.13. The molecule has 74 valence electrons. The summed E-state index contributed by atoms with van der Waals surface area (Å²) >= 11 is 0. The van der Waals surface area contributed by atoms with Crippen LogP contribution in [0.1, 0.15) is 19.3 Å². The molecule has 0 aromatic carbocycles. The van der Waals surface area contributed by atoms with Crippen LogP contribution < -0.4 is 5.32 Å². The molecular formula is C8H13NO4. The van der Waals surface area contributed by atoms with Crippen LogP contribution in [0.15, 0.2) is 0 Å². The van der Waals surface area contributed by atoms with E-state index in [0.29, 0.717) is 12.8 Å². The van der Waals surface area contributed by atoms with Crippen molar-refractivity contribution in [3.05, 3.63) is 0 Å². The number of carbonyl (C=O) groups is 2. The van der Waals surface area contributed by atoms with Crippen LogP contribution in [0.4, 0.5) is 0 Å². The van der Waals surface area contributed by atoms with E-state index < -0.39 is 6.10 Å². The normalized spacial score (nSPS) is 27.1. The maximum absolute atomic E-state index is 10.8. The minimum atomic E-state index is -0.914. The monoisotopic (exact) mass is 187 g/mol. The lowest BCUT2D eigenvalue weighted by Crippen LogP contribution is -2.27. The van der Waals surface area contributed by atoms with E-state index in [9.17, 15) is 9.59 Å². The number of hydrogen-bond acceptors (Lipinski definition) is 4. The van der Waals surface area contributed by atoms with Gasteiger partial charge in [-0.15, -0.1) is 0 Å². The molecule has 2 N–H and O–H groups in total. The van der Waals surface area contributed by atoms with E-state index in [1.165, 1.54) is 7.11 Å². The van der Waals surface area contributed by atoms with Crippen LogP contribution in [0, 0.1) is 0 Å². The molecule has 13 heavy (non-hydrogen) atoms. The number of amides is 1. The molecule has 5 nitrogen and oxygen atoms in total. The van der Waals surface area contributed by atoms with E-state index in [1.807, 2.05) is 0 Å². The van der Waals surface area contributed by atoms with Crippen molar-refractivity contribution in [1.82, 2.24) is 5.32 Å². The van der Waals surface area contributed by atoms with Crippen molar-refractivity contribution in [2.45, 2.75) is 31.4 Å². The highest BCUT2D eigenvalue weighted by molar-refractivity contribution is 5.83. The second kappa shape index (κ2) is 4.23. The lowest BCUT2D eigenvalue weighted by atomic mass is 10.1. The molecule has 2 unspecified atom stereocenters. The molecule has 1 amide bonds. The van der Waals surface area contributed by atoms with Crippen LogP contribution in [0.25, 0.3) is 0 Å². The third-order valence-electron chi connectivity index (χ3n) is 2.08. The number of carbonyl (C=O) groups excluding carboxylic acids is 2. The molecule has 1 rings (SSSR count). The Labute approximate surface area is 76.1 Å². The number of aliphatic hydroxyl groups is 1. The minimum absolute atomic E-state index is 0.0957. The minimum Gasteiger partial charge on any atom is -0.469 e. The quantitative estimate of drug-likeness (QED) is 0.566. The van der Waals surface area contributed by atoms with Gasteiger partial charge < -0.3 is 15.2 Å². The SMILES string of the molecule is COC(=O)CCC1CC(O)C(=O)N1. The molecule has 1 aliphatic rings. The average Bonchev–Trinajstić information content (AvgIpc) is 2.42. The average molecular weight is 187 g/mol. The molecule has 0 radical (unpaired) electrons. The summed E-state index contributed by atoms with van der Waals surface area (Å²) in [5.74, 6) is -0.648. The lowest BCUT2D eigenvalue weighted by molar-refractivity contribution is -0.140. The molecule has 0 saturated carbocycles. The predicted octanol–water partition coefficient (Wildman–Crippen LogP) is -0.811. The van der Waals surface area contributed by atoms with Crippen molar-refractivity contribution in [1.29, 1.82) is 0 Å². The standard InChI is InChI=1S/C8H13NO4/c1-13-7(11)3-2-5-4-6(10)8(12)9-5/h5-6,10H,2-4H2,1H3,(H,9,12). The largest absolute Gasteiger partial charge is 0.469 e. The van der Waals surface area contributed by atoms with Crippen molar-refractivity contribution in [3.63, 3.8) is 0 Å². The number of rotatable bonds is 3. The molecule has 0 aliphatic carbocycles. The number of methoxy groups -OCH3 is 1. The molecule has 0 aromatic heterocycles. The number of nitrogens with one attached hydrogen (secondary N) is 1. The van der Waals surface area contributed by atoms with Crippen LogP contribution in [0.3, 0.4) is 0 Å². The predicted molar refractivity (Wildman–Crippen MR) is 43.8 cm³/mol. The summed E-state index contributed by atoms with van der Waals surface area (Å²) < 4.78 is 4.45. The Morgan fingerprint density at radius 3 is 2.92 bits per heavy atom. The topological polar surface area (TPSA) is 75.6 Å². The van der Waals surface area contributed by atoms with Gasteiger partial charge in [-0.3, -0.25) is 9.59 Å². The Kier molecular flexibility index (Phi) is 3.25. The van der Waals surface area contributed by atoms with E-state index >= 15 is 0 Å². The van der Waals surface area contributed by atoms with Gasteiger partial charge in [0, 0.05) is 18.9 Å². The first-order valence-electron chi connectivity index (χ1n) is 4.18. The van der Waals surface area contributed by atoms with Crippen LogP contribution in [-0.4, -0.2) is 36.2 Å². The fraction of sp³-hybridized carbons (Fsp3) is 0.750. The van der Waals surface area contributed by atoms with Crippen molar-refractivity contribution in [3.8, 4) is 0 Å². The van der Waals surface area contributed by atoms with Crippen molar-refractivity contribution < 1.29 is 19.4 Å². The van der Waals surface area contributed by atoms with Gasteiger partial charge in [-0.25, -0.2) is 0 Å². The van der Waals surface area contributed by atoms with Crippen LogP contribution in [-0.2, 0) is 14.3 Å². The first kappa shape index (κ1) is 9.98. The Bertz CT molecular complexity index is 216. The van der Waals surface area contributed by atoms with Gasteiger partial charge in [0.25, 0.3) is 0 Å².